The molecule has 0 aliphatic heterocycles. The van der Waals surface area contributed by atoms with Gasteiger partial charge in [-0.2, -0.15) is 0 Å². The second kappa shape index (κ2) is 40.9. The van der Waals surface area contributed by atoms with Crippen LogP contribution >= 0.6 is 34.3 Å². The molecule has 5 amide bonds. The molecule has 34 heteroatoms. The number of hydrogen-bond acceptors (Lipinski definition) is 22. The van der Waals surface area contributed by atoms with E-state index in [1.165, 1.54) is 53.5 Å². The summed E-state index contributed by atoms with van der Waals surface area (Å²) in [7, 11) is 1.39. The summed E-state index contributed by atoms with van der Waals surface area (Å²) in [5, 5.41) is 28.6. The predicted octanol–water partition coefficient (Wildman–Crippen LogP) is 13.7. The number of carbonyl (C=O) groups is 5. The van der Waals surface area contributed by atoms with Gasteiger partial charge in [-0.05, 0) is 192 Å². The number of benzene rings is 3. The molecule has 0 atom stereocenters. The number of phenols is 1. The fourth-order valence-electron chi connectivity index (χ4n) is 11.5. The van der Waals surface area contributed by atoms with Gasteiger partial charge < -0.3 is 72.1 Å². The first-order valence-corrected chi connectivity index (χ1v) is 38.8. The number of fused-ring (bicyclic) bond motifs is 1. The zero-order valence-corrected chi connectivity index (χ0v) is 67.0. The van der Waals surface area contributed by atoms with Crippen LogP contribution in [0.25, 0.3) is 77.1 Å². The van der Waals surface area contributed by atoms with E-state index in [0.717, 1.165) is 78.5 Å². The van der Waals surface area contributed by atoms with Crippen LogP contribution in [0, 0.1) is 11.8 Å². The number of methoxy groups -OCH3 is 1. The molecule has 608 valence electrons. The van der Waals surface area contributed by atoms with Gasteiger partial charge in [0.1, 0.15) is 44.8 Å². The molecule has 3 aromatic carbocycles. The van der Waals surface area contributed by atoms with Crippen LogP contribution in [0.15, 0.2) is 285 Å². The second-order valence-electron chi connectivity index (χ2n) is 25.8. The number of halogens is 1. The van der Waals surface area contributed by atoms with Crippen LogP contribution in [0.3, 0.4) is 0 Å². The van der Waals surface area contributed by atoms with Crippen molar-refractivity contribution in [3.05, 3.63) is 346 Å². The van der Waals surface area contributed by atoms with Crippen molar-refractivity contribution in [2.75, 3.05) is 39.4 Å². The highest BCUT2D eigenvalue weighted by molar-refractivity contribution is 7.13. The number of rotatable bonds is 18. The average Bonchev–Trinajstić information content (AvgIpc) is 1.66. The van der Waals surface area contributed by atoms with Crippen LogP contribution < -0.4 is 64.9 Å². The van der Waals surface area contributed by atoms with E-state index in [2.05, 4.69) is 116 Å². The SMILES string of the molecule is CC#CC(=O)Nc1cc(-c2ccncc2)c[nH]c1=O.CCc1ccc2[nH]c(C(=O)Nc3cc(-c4ccncc4)c[nH]c3=O)cc2c1.COc1cc(C(=O)Nc2cc(-c3ccncc3)c[nH]c2=O)ccc1O.Nc1nc(CC(=O)Nc2cc(-c3ccncc3)c[nH]c2=O)cs1.O=C(Nc1cc(-c2ccncc2)c[nH]c1=O)c1csc(-c2ccc(Cl)cc2)n1. The Morgan fingerprint density at radius 2 is 0.893 bits per heavy atom. The smallest absolute Gasteiger partial charge is 0.300 e. The summed E-state index contributed by atoms with van der Waals surface area (Å²) in [6.45, 7) is 3.64. The van der Waals surface area contributed by atoms with Gasteiger partial charge in [0, 0.05) is 159 Å². The lowest BCUT2D eigenvalue weighted by atomic mass is 10.1. The molecular formula is C88H70ClN19O12S2. The van der Waals surface area contributed by atoms with Crippen molar-refractivity contribution in [2.24, 2.45) is 0 Å². The Labute approximate surface area is 704 Å². The normalized spacial score (nSPS) is 10.4. The van der Waals surface area contributed by atoms with E-state index < -0.39 is 23.3 Å². The van der Waals surface area contributed by atoms with Crippen molar-refractivity contribution in [3.63, 3.8) is 0 Å². The molecule has 13 aromatic heterocycles. The number of nitrogens with one attached hydrogen (secondary N) is 11. The molecule has 0 radical (unpaired) electrons. The topological polar surface area (TPSA) is 471 Å². The number of aromatic nitrogens is 13. The average molecular weight is 1690 g/mol. The Balaban J connectivity index is 0.000000140. The predicted molar refractivity (Wildman–Crippen MR) is 471 cm³/mol. The second-order valence-corrected chi connectivity index (χ2v) is 28.0. The van der Waals surface area contributed by atoms with Gasteiger partial charge in [0.15, 0.2) is 16.6 Å². The number of ether oxygens (including phenoxy) is 1. The summed E-state index contributed by atoms with van der Waals surface area (Å²) in [4.78, 5) is 165. The van der Waals surface area contributed by atoms with Crippen molar-refractivity contribution >= 4 is 108 Å². The number of nitrogens with two attached hydrogens (primary N) is 1. The minimum atomic E-state index is -0.514. The number of aromatic amines is 6. The molecule has 0 spiro atoms. The first-order valence-electron chi connectivity index (χ1n) is 36.7. The van der Waals surface area contributed by atoms with Gasteiger partial charge in [0.2, 0.25) is 5.91 Å². The highest BCUT2D eigenvalue weighted by Crippen LogP contribution is 2.30. The van der Waals surface area contributed by atoms with Crippen LogP contribution in [0.2, 0.25) is 5.02 Å². The highest BCUT2D eigenvalue weighted by Gasteiger charge is 2.19. The van der Waals surface area contributed by atoms with Crippen LogP contribution in [0.4, 0.5) is 33.6 Å². The minimum absolute atomic E-state index is 0.0621. The molecule has 0 aliphatic rings. The monoisotopic (exact) mass is 1680 g/mol. The van der Waals surface area contributed by atoms with E-state index >= 15 is 0 Å². The molecule has 16 aromatic rings. The minimum Gasteiger partial charge on any atom is -0.504 e. The van der Waals surface area contributed by atoms with Crippen molar-refractivity contribution in [2.45, 2.75) is 26.7 Å². The number of pyridine rings is 10. The summed E-state index contributed by atoms with van der Waals surface area (Å²) in [6, 6.07) is 45.5. The van der Waals surface area contributed by atoms with Gasteiger partial charge in [-0.3, -0.25) is 72.9 Å². The fraction of sp³-hybridized carbons (Fsp3) is 0.0568. The molecule has 0 bridgehead atoms. The number of hydrogen-bond donors (Lipinski definition) is 13. The Bertz CT molecular complexity index is 6820. The number of H-pyrrole nitrogens is 6. The third kappa shape index (κ3) is 23.0. The maximum Gasteiger partial charge on any atom is 0.300 e. The fourth-order valence-corrected chi connectivity index (χ4v) is 13.0. The maximum atomic E-state index is 12.6. The number of aromatic hydroxyl groups is 1. The molecule has 0 saturated carbocycles. The van der Waals surface area contributed by atoms with Gasteiger partial charge in [-0.25, -0.2) is 9.97 Å². The molecule has 0 unspecified atom stereocenters. The van der Waals surface area contributed by atoms with Gasteiger partial charge in [0.05, 0.1) is 19.2 Å². The molecule has 31 nitrogen and oxygen atoms in total. The van der Waals surface area contributed by atoms with E-state index in [0.29, 0.717) is 26.5 Å². The molecule has 14 N–H and O–H groups in total. The van der Waals surface area contributed by atoms with E-state index in [9.17, 15) is 53.1 Å². The maximum absolute atomic E-state index is 12.6. The van der Waals surface area contributed by atoms with Crippen molar-refractivity contribution in [1.29, 1.82) is 0 Å². The van der Waals surface area contributed by atoms with Gasteiger partial charge in [0.25, 0.3) is 51.4 Å². The number of nitrogen functional groups attached to an aromatic ring is 1. The van der Waals surface area contributed by atoms with Crippen LogP contribution in [0.1, 0.15) is 56.4 Å². The zero-order chi connectivity index (χ0) is 86.0. The Morgan fingerprint density at radius 1 is 0.467 bits per heavy atom. The number of thiazole rings is 2. The van der Waals surface area contributed by atoms with Crippen molar-refractivity contribution < 1.29 is 33.8 Å². The van der Waals surface area contributed by atoms with E-state index in [-0.39, 0.29) is 91.7 Å². The van der Waals surface area contributed by atoms with Gasteiger partial charge >= 0.3 is 0 Å². The molecule has 0 aliphatic carbocycles. The number of nitrogens with zero attached hydrogens (tertiary/aromatic N) is 7. The first kappa shape index (κ1) is 84.9. The first-order chi connectivity index (χ1) is 59.1. The summed E-state index contributed by atoms with van der Waals surface area (Å²) in [6.07, 6.45) is 25.5. The lowest BCUT2D eigenvalue weighted by Gasteiger charge is -2.09. The quantitative estimate of drug-likeness (QED) is 0.0355. The van der Waals surface area contributed by atoms with Crippen LogP contribution in [-0.2, 0) is 22.4 Å². The van der Waals surface area contributed by atoms with Gasteiger partial charge in [-0.15, -0.1) is 22.7 Å². The number of anilines is 6. The van der Waals surface area contributed by atoms with Gasteiger partial charge in [-0.1, -0.05) is 42.6 Å². The summed E-state index contributed by atoms with van der Waals surface area (Å²) in [5.74, 6) is 2.75. The van der Waals surface area contributed by atoms with E-state index in [1.807, 2.05) is 72.8 Å². The lowest BCUT2D eigenvalue weighted by molar-refractivity contribution is -0.115. The largest absolute Gasteiger partial charge is 0.504 e. The number of phenolic OH excluding ortho intramolecular Hbond substituents is 1. The summed E-state index contributed by atoms with van der Waals surface area (Å²) < 4.78 is 4.98. The molecule has 0 fully saturated rings. The number of aryl methyl sites for hydroxylation is 1. The molecule has 122 heavy (non-hydrogen) atoms. The Morgan fingerprint density at radius 3 is 1.31 bits per heavy atom. The lowest BCUT2D eigenvalue weighted by Crippen LogP contribution is -2.21. The van der Waals surface area contributed by atoms with Crippen molar-refractivity contribution in [1.82, 2.24) is 64.8 Å². The standard InChI is InChI=1S/C21H18N4O2.C20H13ClN4O2S.C18H15N3O4.C15H13N5O2S.C14H11N3O2/c1-2-13-3-4-17-15(9-13)10-19(24-17)21(27)25-18-11-16(12-23-20(18)26)14-5-7-22-8-6-14;21-15-3-1-13(2-4-15)20-25-17(11-28-20)19(27)24-16-9-14(10-23-18(16)26)12-5-7-22-8-6-12;1-25-16-9-12(2-3-15(16)22)17(23)21-14-8-13(10-20-18(14)24)11-4-6-19-7-5-11;16-15-19-11(8-23-15)6-13(21)20-12-5-10(7-18-14(12)22)9-1-3-17-4-2-9;1-2-3-13(18)17-12-8-11(9-16-14(12)19)10-4-6-15-7-5-10/h3-12,24H,2H2,1H3,(H,23,26)(H,25,27);1-11H,(H,23,26)(H,24,27);2-10,22H,1H3,(H,20,24)(H,21,23);1-5,7-8H,6H2,(H2,16,19)(H,18,22)(H,20,21);4-9H,1H3,(H,16,19)(H,17,18). The Hall–Kier alpha value is -16.4. The zero-order valence-electron chi connectivity index (χ0n) is 64.6. The summed E-state index contributed by atoms with van der Waals surface area (Å²) >= 11 is 8.51. The Kier molecular flexibility index (Phi) is 28.5. The molecule has 13 heterocycles. The third-order valence-corrected chi connectivity index (χ3v) is 19.5. The molecule has 0 saturated heterocycles. The molecule has 16 rings (SSSR count). The third-order valence-electron chi connectivity index (χ3n) is 17.6. The van der Waals surface area contributed by atoms with Crippen molar-refractivity contribution in [3.8, 4) is 89.5 Å². The molecular weight excluding hydrogens is 1610 g/mol. The number of carbonyl (C=O) groups excluding carboxylic acids is 5. The summed E-state index contributed by atoms with van der Waals surface area (Å²) in [5.41, 5.74) is 17.1. The number of amides is 5. The van der Waals surface area contributed by atoms with Crippen LogP contribution in [-0.4, -0.2) is 107 Å². The van der Waals surface area contributed by atoms with E-state index in [1.54, 1.807) is 171 Å². The highest BCUT2D eigenvalue weighted by atomic mass is 35.5. The van der Waals surface area contributed by atoms with Crippen LogP contribution in [0.5, 0.6) is 11.5 Å². The van der Waals surface area contributed by atoms with E-state index in [4.69, 9.17) is 22.1 Å².